The molecule has 0 aliphatic heterocycles. The predicted molar refractivity (Wildman–Crippen MR) is 48.7 cm³/mol. The smallest absolute Gasteiger partial charge is 0.217 e. The SMILES string of the molecule is C=C(C)C(=O)C(CO)[N+](C)(C)C. The number of Topliss-reactive ketones (excluding diaryl/α,β-unsaturated/α-hetero) is 1. The van der Waals surface area contributed by atoms with Crippen LogP contribution >= 0.6 is 0 Å². The number of quaternary nitrogens is 1. The van der Waals surface area contributed by atoms with Gasteiger partial charge in [-0.05, 0) is 12.5 Å². The first kappa shape index (κ1) is 11.3. The van der Waals surface area contributed by atoms with Crippen LogP contribution in [0.3, 0.4) is 0 Å². The molecule has 0 aliphatic carbocycles. The third-order valence-corrected chi connectivity index (χ3v) is 1.83. The predicted octanol–water partition coefficient (Wildman–Crippen LogP) is 0.199. The number of ketones is 1. The maximum atomic E-state index is 11.4. The van der Waals surface area contributed by atoms with Crippen molar-refractivity contribution in [2.24, 2.45) is 0 Å². The zero-order chi connectivity index (χ0) is 9.94. The van der Waals surface area contributed by atoms with E-state index in [1.165, 1.54) is 0 Å². The second-order valence-corrected chi connectivity index (χ2v) is 3.96. The molecule has 70 valence electrons. The van der Waals surface area contributed by atoms with E-state index < -0.39 is 0 Å². The molecule has 0 saturated carbocycles. The van der Waals surface area contributed by atoms with Crippen molar-refractivity contribution in [3.8, 4) is 0 Å². The molecule has 1 N–H and O–H groups in total. The summed E-state index contributed by atoms with van der Waals surface area (Å²) < 4.78 is 0.433. The summed E-state index contributed by atoms with van der Waals surface area (Å²) in [6.07, 6.45) is 0. The maximum Gasteiger partial charge on any atom is 0.217 e. The maximum absolute atomic E-state index is 11.4. The number of nitrogens with zero attached hydrogens (tertiary/aromatic N) is 1. The van der Waals surface area contributed by atoms with Crippen molar-refractivity contribution in [3.05, 3.63) is 12.2 Å². The first-order valence-corrected chi connectivity index (χ1v) is 3.92. The van der Waals surface area contributed by atoms with Crippen molar-refractivity contribution >= 4 is 5.78 Å². The Labute approximate surface area is 73.9 Å². The van der Waals surface area contributed by atoms with Gasteiger partial charge in [-0.1, -0.05) is 6.58 Å². The third kappa shape index (κ3) is 2.75. The summed E-state index contributed by atoms with van der Waals surface area (Å²) in [4.78, 5) is 11.4. The van der Waals surface area contributed by atoms with Gasteiger partial charge in [0, 0.05) is 0 Å². The second kappa shape index (κ2) is 3.83. The molecular weight excluding hydrogens is 154 g/mol. The molecule has 0 rings (SSSR count). The van der Waals surface area contributed by atoms with Gasteiger partial charge in [0.2, 0.25) is 5.78 Å². The fourth-order valence-electron chi connectivity index (χ4n) is 0.964. The summed E-state index contributed by atoms with van der Waals surface area (Å²) in [6, 6.07) is -0.387. The highest BCUT2D eigenvalue weighted by Crippen LogP contribution is 2.07. The van der Waals surface area contributed by atoms with E-state index in [0.717, 1.165) is 0 Å². The van der Waals surface area contributed by atoms with Crippen molar-refractivity contribution in [1.82, 2.24) is 0 Å². The van der Waals surface area contributed by atoms with Crippen molar-refractivity contribution in [2.75, 3.05) is 27.7 Å². The first-order chi connectivity index (χ1) is 5.30. The van der Waals surface area contributed by atoms with Crippen LogP contribution in [0, 0.1) is 0 Å². The zero-order valence-corrected chi connectivity index (χ0v) is 8.29. The lowest BCUT2D eigenvalue weighted by molar-refractivity contribution is -0.886. The number of rotatable bonds is 4. The van der Waals surface area contributed by atoms with Crippen LogP contribution in [0.1, 0.15) is 6.92 Å². The highest BCUT2D eigenvalue weighted by molar-refractivity contribution is 5.97. The lowest BCUT2D eigenvalue weighted by atomic mass is 10.1. The molecule has 0 saturated heterocycles. The molecule has 0 aromatic carbocycles. The van der Waals surface area contributed by atoms with E-state index in [4.69, 9.17) is 5.11 Å². The molecule has 0 aromatic heterocycles. The van der Waals surface area contributed by atoms with E-state index in [9.17, 15) is 4.79 Å². The average Bonchev–Trinajstić information content (AvgIpc) is 1.85. The van der Waals surface area contributed by atoms with Crippen LogP contribution in [0.25, 0.3) is 0 Å². The van der Waals surface area contributed by atoms with Gasteiger partial charge in [0.25, 0.3) is 0 Å². The van der Waals surface area contributed by atoms with E-state index in [2.05, 4.69) is 6.58 Å². The minimum absolute atomic E-state index is 0.0648. The van der Waals surface area contributed by atoms with E-state index in [1.807, 2.05) is 21.1 Å². The van der Waals surface area contributed by atoms with Crippen molar-refractivity contribution in [3.63, 3.8) is 0 Å². The minimum atomic E-state index is -0.387. The molecular formula is C9H18NO2+. The summed E-state index contributed by atoms with van der Waals surface area (Å²) >= 11 is 0. The molecule has 0 aromatic rings. The summed E-state index contributed by atoms with van der Waals surface area (Å²) in [5, 5.41) is 9.00. The Bertz CT molecular complexity index is 191. The first-order valence-electron chi connectivity index (χ1n) is 3.92. The molecule has 0 bridgehead atoms. The van der Waals surface area contributed by atoms with Crippen molar-refractivity contribution < 1.29 is 14.4 Å². The summed E-state index contributed by atoms with van der Waals surface area (Å²) in [5.41, 5.74) is 0.502. The quantitative estimate of drug-likeness (QED) is 0.486. The molecule has 0 spiro atoms. The van der Waals surface area contributed by atoms with Gasteiger partial charge in [0.05, 0.1) is 21.1 Å². The largest absolute Gasteiger partial charge is 0.390 e. The number of aliphatic hydroxyl groups excluding tert-OH is 1. The van der Waals surface area contributed by atoms with Gasteiger partial charge in [-0.2, -0.15) is 0 Å². The zero-order valence-electron chi connectivity index (χ0n) is 8.29. The van der Waals surface area contributed by atoms with Gasteiger partial charge in [0.15, 0.2) is 6.04 Å². The van der Waals surface area contributed by atoms with Crippen molar-refractivity contribution in [1.29, 1.82) is 0 Å². The monoisotopic (exact) mass is 172 g/mol. The summed E-state index contributed by atoms with van der Waals surface area (Å²) in [5.74, 6) is -0.0648. The standard InChI is InChI=1S/C9H18NO2/c1-7(2)9(12)8(6-11)10(3,4)5/h8,11H,1,6H2,2-5H3/q+1. The summed E-state index contributed by atoms with van der Waals surface area (Å²) in [6.45, 7) is 5.10. The van der Waals surface area contributed by atoms with Crippen LogP contribution in [0.4, 0.5) is 0 Å². The number of aliphatic hydroxyl groups is 1. The Kier molecular flexibility index (Phi) is 3.61. The van der Waals surface area contributed by atoms with E-state index in [0.29, 0.717) is 10.1 Å². The van der Waals surface area contributed by atoms with Gasteiger partial charge < -0.3 is 9.59 Å². The van der Waals surface area contributed by atoms with Gasteiger partial charge in [-0.3, -0.25) is 4.79 Å². The van der Waals surface area contributed by atoms with Crippen LogP contribution in [0.2, 0.25) is 0 Å². The van der Waals surface area contributed by atoms with Crippen LogP contribution in [0.15, 0.2) is 12.2 Å². The molecule has 1 unspecified atom stereocenters. The lowest BCUT2D eigenvalue weighted by Crippen LogP contribution is -2.52. The highest BCUT2D eigenvalue weighted by atomic mass is 16.3. The third-order valence-electron chi connectivity index (χ3n) is 1.83. The molecule has 0 amide bonds. The normalized spacial score (nSPS) is 14.1. The van der Waals surface area contributed by atoms with Gasteiger partial charge in [-0.15, -0.1) is 0 Å². The Morgan fingerprint density at radius 3 is 2.00 bits per heavy atom. The Morgan fingerprint density at radius 1 is 1.50 bits per heavy atom. The average molecular weight is 172 g/mol. The highest BCUT2D eigenvalue weighted by Gasteiger charge is 2.30. The Morgan fingerprint density at radius 2 is 1.92 bits per heavy atom. The topological polar surface area (TPSA) is 37.3 Å². The van der Waals surface area contributed by atoms with Crippen LogP contribution in [-0.2, 0) is 4.79 Å². The van der Waals surface area contributed by atoms with Gasteiger partial charge in [0.1, 0.15) is 6.61 Å². The Hall–Kier alpha value is -0.670. The van der Waals surface area contributed by atoms with Crippen LogP contribution in [-0.4, -0.2) is 49.2 Å². The number of carbonyl (C=O) groups excluding carboxylic acids is 1. The lowest BCUT2D eigenvalue weighted by Gasteiger charge is -2.31. The minimum Gasteiger partial charge on any atom is -0.390 e. The van der Waals surface area contributed by atoms with E-state index in [-0.39, 0.29) is 18.4 Å². The Balaban J connectivity index is 4.58. The molecule has 3 nitrogen and oxygen atoms in total. The van der Waals surface area contributed by atoms with Gasteiger partial charge >= 0.3 is 0 Å². The fraction of sp³-hybridized carbons (Fsp3) is 0.667. The van der Waals surface area contributed by atoms with Crippen LogP contribution < -0.4 is 0 Å². The fourth-order valence-corrected chi connectivity index (χ4v) is 0.964. The number of hydrogen-bond donors (Lipinski definition) is 1. The number of carbonyl (C=O) groups is 1. The molecule has 0 fully saturated rings. The van der Waals surface area contributed by atoms with E-state index in [1.54, 1.807) is 6.92 Å². The molecule has 0 heterocycles. The van der Waals surface area contributed by atoms with E-state index >= 15 is 0 Å². The number of likely N-dealkylation sites (N-methyl/N-ethyl adjacent to an activating group) is 1. The molecule has 0 aliphatic rings. The summed E-state index contributed by atoms with van der Waals surface area (Å²) in [7, 11) is 5.63. The molecule has 3 heteroatoms. The van der Waals surface area contributed by atoms with Crippen molar-refractivity contribution in [2.45, 2.75) is 13.0 Å². The molecule has 12 heavy (non-hydrogen) atoms. The second-order valence-electron chi connectivity index (χ2n) is 3.96. The molecule has 1 atom stereocenters. The van der Waals surface area contributed by atoms with Gasteiger partial charge in [-0.25, -0.2) is 0 Å². The number of hydrogen-bond acceptors (Lipinski definition) is 2. The van der Waals surface area contributed by atoms with Crippen LogP contribution in [0.5, 0.6) is 0 Å². The molecule has 0 radical (unpaired) electrons.